The second-order valence-electron chi connectivity index (χ2n) is 10.4. The number of carbonyl (C=O) groups is 2. The molecule has 2 aromatic heterocycles. The molecular formula is C29H27FN8O2. The minimum Gasteiger partial charge on any atom is -0.321 e. The lowest BCUT2D eigenvalue weighted by Gasteiger charge is -2.30. The van der Waals surface area contributed by atoms with Gasteiger partial charge in [0.1, 0.15) is 5.82 Å². The number of hydrazine groups is 1. The Morgan fingerprint density at radius 2 is 1.93 bits per heavy atom. The van der Waals surface area contributed by atoms with Crippen molar-refractivity contribution in [3.05, 3.63) is 95.2 Å². The molecule has 0 radical (unpaired) electrons. The summed E-state index contributed by atoms with van der Waals surface area (Å²) in [5.74, 6) is -1.24. The number of amides is 2. The standard InChI is InChI=1S/C29H27FN8O2/c30-20-9-4-8-19-23(16-6-2-1-3-7-16)34-27(29(40)35-25(19)20)36-28(39)26-24(33-22-10-5-13-32-38(22)26)17-11-12-21-18(14-17)15-31-37-21/h1-10,13,17-18,21,27,31,37H,11-12,14-15H2,(H,35,40)(H,36,39)/t17?,18?,21?,27-/m1/s1. The highest BCUT2D eigenvalue weighted by atomic mass is 19.1. The Morgan fingerprint density at radius 3 is 2.80 bits per heavy atom. The van der Waals surface area contributed by atoms with Gasteiger partial charge in [0.25, 0.3) is 11.8 Å². The van der Waals surface area contributed by atoms with E-state index >= 15 is 0 Å². The van der Waals surface area contributed by atoms with Crippen LogP contribution in [0.3, 0.4) is 0 Å². The number of aliphatic imine (C=N–C) groups is 1. The maximum absolute atomic E-state index is 14.9. The fraction of sp³-hybridized carbons (Fsp3) is 0.276. The van der Waals surface area contributed by atoms with Gasteiger partial charge < -0.3 is 10.6 Å². The zero-order valence-corrected chi connectivity index (χ0v) is 21.5. The van der Waals surface area contributed by atoms with E-state index < -0.39 is 23.8 Å². The zero-order valence-electron chi connectivity index (χ0n) is 21.5. The first kappa shape index (κ1) is 24.6. The molecule has 202 valence electrons. The number of benzodiazepines with no additional fused rings is 1. The van der Waals surface area contributed by atoms with Gasteiger partial charge in [-0.1, -0.05) is 42.5 Å². The van der Waals surface area contributed by atoms with Crippen LogP contribution in [0.1, 0.15) is 52.5 Å². The summed E-state index contributed by atoms with van der Waals surface area (Å²) in [4.78, 5) is 36.8. The molecule has 2 amide bonds. The number of anilines is 1. The molecule has 3 unspecified atom stereocenters. The van der Waals surface area contributed by atoms with Gasteiger partial charge in [0.15, 0.2) is 11.3 Å². The van der Waals surface area contributed by atoms with Gasteiger partial charge in [-0.05, 0) is 43.4 Å². The molecule has 4 aromatic rings. The number of rotatable bonds is 4. The Balaban J connectivity index is 1.27. The van der Waals surface area contributed by atoms with E-state index in [1.54, 1.807) is 30.5 Å². The van der Waals surface area contributed by atoms with Crippen LogP contribution in [0.2, 0.25) is 0 Å². The summed E-state index contributed by atoms with van der Waals surface area (Å²) in [6.07, 6.45) is 3.00. The second-order valence-corrected chi connectivity index (χ2v) is 10.4. The van der Waals surface area contributed by atoms with Crippen molar-refractivity contribution in [1.29, 1.82) is 0 Å². The SMILES string of the molecule is O=C(N[C@H]1N=C(c2ccccc2)c2cccc(F)c2NC1=O)c1c(C2CCC3NNCC3C2)nc2cccnn12. The summed E-state index contributed by atoms with van der Waals surface area (Å²) in [5, 5.41) is 9.84. The van der Waals surface area contributed by atoms with Crippen LogP contribution in [-0.2, 0) is 4.79 Å². The van der Waals surface area contributed by atoms with E-state index in [4.69, 9.17) is 4.98 Å². The first-order valence-corrected chi connectivity index (χ1v) is 13.4. The molecule has 1 aliphatic carbocycles. The first-order chi connectivity index (χ1) is 19.6. The summed E-state index contributed by atoms with van der Waals surface area (Å²) in [7, 11) is 0. The molecule has 0 bridgehead atoms. The minimum atomic E-state index is -1.31. The first-order valence-electron chi connectivity index (χ1n) is 13.4. The highest BCUT2D eigenvalue weighted by Gasteiger charge is 2.38. The van der Waals surface area contributed by atoms with Crippen molar-refractivity contribution in [3.8, 4) is 0 Å². The second kappa shape index (κ2) is 9.92. The van der Waals surface area contributed by atoms with E-state index in [1.807, 2.05) is 30.3 Å². The van der Waals surface area contributed by atoms with Gasteiger partial charge in [-0.3, -0.25) is 20.4 Å². The van der Waals surface area contributed by atoms with E-state index in [-0.39, 0.29) is 17.3 Å². The van der Waals surface area contributed by atoms with Crippen LogP contribution in [0, 0.1) is 11.7 Å². The van der Waals surface area contributed by atoms with Crippen molar-refractivity contribution >= 4 is 28.9 Å². The molecule has 1 saturated carbocycles. The number of imidazole rings is 1. The lowest BCUT2D eigenvalue weighted by Crippen LogP contribution is -2.43. The van der Waals surface area contributed by atoms with Crippen LogP contribution >= 0.6 is 0 Å². The Hall–Kier alpha value is -4.48. The predicted octanol–water partition coefficient (Wildman–Crippen LogP) is 2.77. The molecule has 4 atom stereocenters. The number of nitrogens with one attached hydrogen (secondary N) is 4. The van der Waals surface area contributed by atoms with E-state index in [2.05, 4.69) is 31.6 Å². The molecule has 2 aromatic carbocycles. The topological polar surface area (TPSA) is 125 Å². The molecule has 10 nitrogen and oxygen atoms in total. The van der Waals surface area contributed by atoms with Crippen molar-refractivity contribution in [1.82, 2.24) is 30.8 Å². The van der Waals surface area contributed by atoms with Gasteiger partial charge in [0, 0.05) is 35.8 Å². The van der Waals surface area contributed by atoms with Crippen LogP contribution < -0.4 is 21.5 Å². The molecule has 0 spiro atoms. The molecule has 4 heterocycles. The Kier molecular flexibility index (Phi) is 6.09. The van der Waals surface area contributed by atoms with E-state index in [9.17, 15) is 14.0 Å². The summed E-state index contributed by atoms with van der Waals surface area (Å²) in [6, 6.07) is 17.7. The summed E-state index contributed by atoms with van der Waals surface area (Å²) in [5.41, 5.74) is 9.64. The normalized spacial score (nSPS) is 24.0. The molecule has 2 fully saturated rings. The van der Waals surface area contributed by atoms with Crippen molar-refractivity contribution in [2.45, 2.75) is 37.4 Å². The number of hydrogen-bond acceptors (Lipinski definition) is 7. The number of hydrogen-bond donors (Lipinski definition) is 4. The molecule has 11 heteroatoms. The average Bonchev–Trinajstić information content (AvgIpc) is 3.58. The lowest BCUT2D eigenvalue weighted by atomic mass is 9.77. The summed E-state index contributed by atoms with van der Waals surface area (Å²) in [6.45, 7) is 0.866. The molecule has 2 aliphatic heterocycles. The lowest BCUT2D eigenvalue weighted by molar-refractivity contribution is -0.117. The molecule has 40 heavy (non-hydrogen) atoms. The van der Waals surface area contributed by atoms with Gasteiger partial charge in [0.05, 0.1) is 17.1 Å². The van der Waals surface area contributed by atoms with Crippen molar-refractivity contribution in [2.75, 3.05) is 11.9 Å². The maximum Gasteiger partial charge on any atom is 0.273 e. The number of benzene rings is 2. The summed E-state index contributed by atoms with van der Waals surface area (Å²) >= 11 is 0. The third kappa shape index (κ3) is 4.23. The highest BCUT2D eigenvalue weighted by molar-refractivity contribution is 6.20. The van der Waals surface area contributed by atoms with Crippen LogP contribution in [0.25, 0.3) is 5.65 Å². The number of halogens is 1. The molecule has 4 N–H and O–H groups in total. The minimum absolute atomic E-state index is 0.0274. The largest absolute Gasteiger partial charge is 0.321 e. The quantitative estimate of drug-likeness (QED) is 0.317. The third-order valence-electron chi connectivity index (χ3n) is 7.99. The van der Waals surface area contributed by atoms with Crippen LogP contribution in [0.15, 0.2) is 71.9 Å². The Bertz CT molecular complexity index is 1650. The molecule has 7 rings (SSSR count). The van der Waals surface area contributed by atoms with Crippen LogP contribution in [0.4, 0.5) is 10.1 Å². The third-order valence-corrected chi connectivity index (χ3v) is 7.99. The number of nitrogens with zero attached hydrogens (tertiary/aromatic N) is 4. The summed E-state index contributed by atoms with van der Waals surface area (Å²) < 4.78 is 16.4. The molecule has 1 saturated heterocycles. The molecular weight excluding hydrogens is 511 g/mol. The van der Waals surface area contributed by atoms with Gasteiger partial charge >= 0.3 is 0 Å². The fourth-order valence-corrected chi connectivity index (χ4v) is 6.07. The van der Waals surface area contributed by atoms with Crippen LogP contribution in [0.5, 0.6) is 0 Å². The number of carbonyl (C=O) groups excluding carboxylic acids is 2. The van der Waals surface area contributed by atoms with Gasteiger partial charge in [-0.2, -0.15) is 5.10 Å². The fourth-order valence-electron chi connectivity index (χ4n) is 6.07. The van der Waals surface area contributed by atoms with Gasteiger partial charge in [-0.15, -0.1) is 0 Å². The monoisotopic (exact) mass is 538 g/mol. The number of para-hydroxylation sites is 1. The van der Waals surface area contributed by atoms with Gasteiger partial charge in [0.2, 0.25) is 6.17 Å². The Morgan fingerprint density at radius 1 is 1.05 bits per heavy atom. The van der Waals surface area contributed by atoms with Crippen molar-refractivity contribution in [3.63, 3.8) is 0 Å². The number of aromatic nitrogens is 3. The van der Waals surface area contributed by atoms with Crippen molar-refractivity contribution < 1.29 is 14.0 Å². The van der Waals surface area contributed by atoms with E-state index in [0.717, 1.165) is 25.8 Å². The van der Waals surface area contributed by atoms with Crippen molar-refractivity contribution in [2.24, 2.45) is 10.9 Å². The van der Waals surface area contributed by atoms with E-state index in [0.29, 0.717) is 40.1 Å². The van der Waals surface area contributed by atoms with E-state index in [1.165, 1.54) is 10.6 Å². The number of fused-ring (bicyclic) bond motifs is 3. The maximum atomic E-state index is 14.9. The van der Waals surface area contributed by atoms with Gasteiger partial charge in [-0.25, -0.2) is 18.9 Å². The smallest absolute Gasteiger partial charge is 0.273 e. The molecule has 3 aliphatic rings. The Labute approximate surface area is 229 Å². The van der Waals surface area contributed by atoms with Crippen LogP contribution in [-0.4, -0.2) is 50.9 Å². The zero-order chi connectivity index (χ0) is 27.2. The predicted molar refractivity (Wildman–Crippen MR) is 146 cm³/mol. The average molecular weight is 539 g/mol. The highest BCUT2D eigenvalue weighted by Crippen LogP contribution is 2.38.